The number of anilines is 1. The van der Waals surface area contributed by atoms with Gasteiger partial charge in [-0.3, -0.25) is 9.59 Å². The van der Waals surface area contributed by atoms with Gasteiger partial charge in [0.15, 0.2) is 0 Å². The summed E-state index contributed by atoms with van der Waals surface area (Å²) < 4.78 is 6.47. The van der Waals surface area contributed by atoms with E-state index >= 15 is 0 Å². The molecule has 116 valence electrons. The van der Waals surface area contributed by atoms with Crippen LogP contribution in [-0.2, 0) is 20.7 Å². The molecule has 1 amide bonds. The molecule has 6 heteroatoms. The topological polar surface area (TPSA) is 75.6 Å². The molecule has 2 aliphatic heterocycles. The Kier molecular flexibility index (Phi) is 4.06. The van der Waals surface area contributed by atoms with Gasteiger partial charge in [-0.2, -0.15) is 0 Å². The van der Waals surface area contributed by atoms with Crippen LogP contribution in [-0.4, -0.2) is 29.2 Å². The number of aryl methyl sites for hydroxylation is 1. The van der Waals surface area contributed by atoms with Gasteiger partial charge in [-0.1, -0.05) is 35.0 Å². The molecular weight excluding hydrogens is 350 g/mol. The van der Waals surface area contributed by atoms with Crippen LogP contribution in [0.1, 0.15) is 12.5 Å². The van der Waals surface area contributed by atoms with E-state index in [1.165, 1.54) is 0 Å². The highest BCUT2D eigenvalue weighted by atomic mass is 79.9. The van der Waals surface area contributed by atoms with Crippen LogP contribution in [0, 0.1) is 11.8 Å². The number of aliphatic carboxylic acids is 1. The first-order valence-corrected chi connectivity index (χ1v) is 7.96. The molecule has 0 aromatic heterocycles. The molecule has 0 spiro atoms. The van der Waals surface area contributed by atoms with Crippen molar-refractivity contribution < 1.29 is 19.4 Å². The van der Waals surface area contributed by atoms with Gasteiger partial charge in [0.05, 0.1) is 18.1 Å². The lowest BCUT2D eigenvalue weighted by molar-refractivity contribution is -0.145. The van der Waals surface area contributed by atoms with E-state index in [9.17, 15) is 14.7 Å². The lowest BCUT2D eigenvalue weighted by Crippen LogP contribution is -2.39. The molecule has 1 saturated heterocycles. The number of nitrogens with one attached hydrogen (secondary N) is 1. The Labute approximate surface area is 136 Å². The molecule has 0 radical (unpaired) electrons. The molecule has 1 fully saturated rings. The van der Waals surface area contributed by atoms with Gasteiger partial charge >= 0.3 is 5.97 Å². The maximum absolute atomic E-state index is 12.6. The van der Waals surface area contributed by atoms with Crippen LogP contribution in [0.15, 0.2) is 34.8 Å². The van der Waals surface area contributed by atoms with Crippen molar-refractivity contribution in [2.75, 3.05) is 5.32 Å². The summed E-state index contributed by atoms with van der Waals surface area (Å²) in [7, 11) is 0. The van der Waals surface area contributed by atoms with E-state index in [1.54, 1.807) is 12.2 Å². The molecule has 2 N–H and O–H groups in total. The summed E-state index contributed by atoms with van der Waals surface area (Å²) in [5.41, 5.74) is 1.71. The number of carbonyl (C=O) groups excluding carboxylic acids is 1. The van der Waals surface area contributed by atoms with Crippen LogP contribution in [0.3, 0.4) is 0 Å². The van der Waals surface area contributed by atoms with Crippen molar-refractivity contribution in [3.8, 4) is 0 Å². The fourth-order valence-electron chi connectivity index (χ4n) is 3.11. The zero-order valence-corrected chi connectivity index (χ0v) is 13.5. The molecule has 22 heavy (non-hydrogen) atoms. The highest BCUT2D eigenvalue weighted by Gasteiger charge is 2.53. The van der Waals surface area contributed by atoms with Crippen LogP contribution >= 0.6 is 15.9 Å². The highest BCUT2D eigenvalue weighted by molar-refractivity contribution is 9.10. The molecular formula is C16H16BrNO4. The van der Waals surface area contributed by atoms with Gasteiger partial charge in [0.1, 0.15) is 5.92 Å². The largest absolute Gasteiger partial charge is 0.481 e. The molecule has 2 aliphatic rings. The standard InChI is InChI=1S/C16H16BrNO4/c1-2-8-7-9(17)3-4-10(8)18-15(19)13-11-5-6-12(22-11)14(13)16(20)21/h3-7,11-14H,2H2,1H3,(H,18,19)(H,20,21)/t11-,12-,13-,14+/m1/s1. The number of benzene rings is 1. The van der Waals surface area contributed by atoms with E-state index in [1.807, 2.05) is 25.1 Å². The molecule has 4 atom stereocenters. The van der Waals surface area contributed by atoms with Crippen LogP contribution in [0.5, 0.6) is 0 Å². The molecule has 1 aromatic carbocycles. The highest BCUT2D eigenvalue weighted by Crippen LogP contribution is 2.40. The van der Waals surface area contributed by atoms with Gasteiger partial charge in [-0.25, -0.2) is 0 Å². The SMILES string of the molecule is CCc1cc(Br)ccc1NC(=O)[C@H]1[C@@H](C(=O)O)[C@H]2C=C[C@H]1O2. The Morgan fingerprint density at radius 3 is 2.59 bits per heavy atom. The molecule has 0 aliphatic carbocycles. The minimum Gasteiger partial charge on any atom is -0.481 e. The zero-order chi connectivity index (χ0) is 15.9. The van der Waals surface area contributed by atoms with Gasteiger partial charge in [-0.05, 0) is 30.2 Å². The second-order valence-electron chi connectivity index (χ2n) is 5.48. The van der Waals surface area contributed by atoms with Gasteiger partial charge in [0.2, 0.25) is 5.91 Å². The van der Waals surface area contributed by atoms with E-state index in [0.29, 0.717) is 5.69 Å². The average Bonchev–Trinajstić information content (AvgIpc) is 3.09. The third-order valence-corrected chi connectivity index (χ3v) is 4.69. The Hall–Kier alpha value is -1.66. The Bertz CT molecular complexity index is 658. The van der Waals surface area contributed by atoms with Gasteiger partial charge in [0.25, 0.3) is 0 Å². The first-order valence-electron chi connectivity index (χ1n) is 7.17. The lowest BCUT2D eigenvalue weighted by atomic mass is 9.82. The number of rotatable bonds is 4. The van der Waals surface area contributed by atoms with E-state index in [0.717, 1.165) is 16.5 Å². The van der Waals surface area contributed by atoms with Crippen molar-refractivity contribution in [2.45, 2.75) is 25.6 Å². The molecule has 2 heterocycles. The number of halogens is 1. The van der Waals surface area contributed by atoms with Crippen LogP contribution < -0.4 is 5.32 Å². The summed E-state index contributed by atoms with van der Waals surface area (Å²) in [6, 6.07) is 5.61. The van der Waals surface area contributed by atoms with Crippen LogP contribution in [0.4, 0.5) is 5.69 Å². The average molecular weight is 366 g/mol. The van der Waals surface area contributed by atoms with Gasteiger partial charge in [0, 0.05) is 10.2 Å². The molecule has 2 bridgehead atoms. The quantitative estimate of drug-likeness (QED) is 0.804. The molecule has 5 nitrogen and oxygen atoms in total. The van der Waals surface area contributed by atoms with E-state index in [4.69, 9.17) is 4.74 Å². The zero-order valence-electron chi connectivity index (χ0n) is 12.0. The predicted octanol–water partition coefficient (Wildman–Crippen LogP) is 2.60. The predicted molar refractivity (Wildman–Crippen MR) is 84.6 cm³/mol. The Morgan fingerprint density at radius 2 is 1.95 bits per heavy atom. The maximum atomic E-state index is 12.6. The first-order chi connectivity index (χ1) is 10.5. The fraction of sp³-hybridized carbons (Fsp3) is 0.375. The monoisotopic (exact) mass is 365 g/mol. The van der Waals surface area contributed by atoms with Crippen molar-refractivity contribution in [3.63, 3.8) is 0 Å². The number of fused-ring (bicyclic) bond motifs is 2. The van der Waals surface area contributed by atoms with Gasteiger partial charge < -0.3 is 15.2 Å². The molecule has 1 aromatic rings. The number of ether oxygens (including phenoxy) is 1. The summed E-state index contributed by atoms with van der Waals surface area (Å²) in [6.45, 7) is 2.00. The number of carboxylic acid groups (broad SMARTS) is 1. The summed E-state index contributed by atoms with van der Waals surface area (Å²) in [4.78, 5) is 24.0. The minimum atomic E-state index is -0.997. The van der Waals surface area contributed by atoms with Crippen molar-refractivity contribution in [1.82, 2.24) is 0 Å². The van der Waals surface area contributed by atoms with Gasteiger partial charge in [-0.15, -0.1) is 0 Å². The third-order valence-electron chi connectivity index (χ3n) is 4.19. The van der Waals surface area contributed by atoms with Crippen LogP contribution in [0.2, 0.25) is 0 Å². The minimum absolute atomic E-state index is 0.304. The smallest absolute Gasteiger partial charge is 0.310 e. The number of carboxylic acids is 1. The van der Waals surface area contributed by atoms with E-state index in [-0.39, 0.29) is 5.91 Å². The second kappa shape index (κ2) is 5.85. The third kappa shape index (κ3) is 2.57. The number of hydrogen-bond acceptors (Lipinski definition) is 3. The molecule has 0 saturated carbocycles. The Morgan fingerprint density at radius 1 is 1.27 bits per heavy atom. The summed E-state index contributed by atoms with van der Waals surface area (Å²) in [5, 5.41) is 12.2. The van der Waals surface area contributed by atoms with Crippen molar-refractivity contribution >= 4 is 33.5 Å². The van der Waals surface area contributed by atoms with E-state index < -0.39 is 30.0 Å². The van der Waals surface area contributed by atoms with Crippen molar-refractivity contribution in [1.29, 1.82) is 0 Å². The maximum Gasteiger partial charge on any atom is 0.310 e. The number of hydrogen-bond donors (Lipinski definition) is 2. The van der Waals surface area contributed by atoms with Crippen LogP contribution in [0.25, 0.3) is 0 Å². The first kappa shape index (κ1) is 15.2. The van der Waals surface area contributed by atoms with E-state index in [2.05, 4.69) is 21.2 Å². The normalized spacial score (nSPS) is 28.8. The van der Waals surface area contributed by atoms with Crippen molar-refractivity contribution in [2.24, 2.45) is 11.8 Å². The molecule has 0 unspecified atom stereocenters. The second-order valence-corrected chi connectivity index (χ2v) is 6.40. The fourth-order valence-corrected chi connectivity index (χ4v) is 3.52. The number of amides is 1. The summed E-state index contributed by atoms with van der Waals surface area (Å²) in [5.74, 6) is -2.82. The summed E-state index contributed by atoms with van der Waals surface area (Å²) in [6.07, 6.45) is 3.31. The number of carbonyl (C=O) groups is 2. The summed E-state index contributed by atoms with van der Waals surface area (Å²) >= 11 is 3.41. The lowest BCUT2D eigenvalue weighted by Gasteiger charge is -2.21. The Balaban J connectivity index is 1.83. The van der Waals surface area contributed by atoms with Crippen molar-refractivity contribution in [3.05, 3.63) is 40.4 Å². The molecule has 3 rings (SSSR count).